The molecule has 0 saturated heterocycles. The lowest BCUT2D eigenvalue weighted by Gasteiger charge is -2.17. The van der Waals surface area contributed by atoms with Gasteiger partial charge >= 0.3 is 0 Å². The molecule has 64 valence electrons. The van der Waals surface area contributed by atoms with Crippen molar-refractivity contribution in [1.29, 1.82) is 0 Å². The molecule has 0 nitrogen and oxygen atoms in total. The minimum atomic E-state index is 0.782. The second kappa shape index (κ2) is 2.24. The molecule has 2 aliphatic rings. The third-order valence-corrected chi connectivity index (χ3v) is 4.36. The van der Waals surface area contributed by atoms with Gasteiger partial charge in [0.1, 0.15) is 0 Å². The van der Waals surface area contributed by atoms with Crippen molar-refractivity contribution in [3.8, 4) is 0 Å². The van der Waals surface area contributed by atoms with Gasteiger partial charge in [-0.1, -0.05) is 33.6 Å². The quantitative estimate of drug-likeness (QED) is 0.498. The van der Waals surface area contributed by atoms with E-state index in [1.807, 2.05) is 0 Å². The van der Waals surface area contributed by atoms with E-state index < -0.39 is 0 Å². The molecule has 0 aromatic carbocycles. The lowest BCUT2D eigenvalue weighted by Crippen LogP contribution is -2.09. The third-order valence-electron chi connectivity index (χ3n) is 4.36. The van der Waals surface area contributed by atoms with Gasteiger partial charge in [-0.05, 0) is 36.0 Å². The van der Waals surface area contributed by atoms with Crippen LogP contribution >= 0.6 is 0 Å². The van der Waals surface area contributed by atoms with E-state index in [9.17, 15) is 0 Å². The summed E-state index contributed by atoms with van der Waals surface area (Å²) in [7, 11) is 0. The van der Waals surface area contributed by atoms with Crippen molar-refractivity contribution in [2.75, 3.05) is 0 Å². The first-order valence-electron chi connectivity index (χ1n) is 5.13. The highest BCUT2D eigenvalue weighted by Gasteiger charge is 2.53. The maximum atomic E-state index is 2.49. The Balaban J connectivity index is 2.09. The summed E-state index contributed by atoms with van der Waals surface area (Å²) in [4.78, 5) is 0. The molecule has 2 aliphatic carbocycles. The molecule has 0 heterocycles. The van der Waals surface area contributed by atoms with Crippen molar-refractivity contribution >= 4 is 0 Å². The van der Waals surface area contributed by atoms with Crippen molar-refractivity contribution in [3.05, 3.63) is 0 Å². The fourth-order valence-electron chi connectivity index (χ4n) is 3.04. The zero-order valence-corrected chi connectivity index (χ0v) is 8.06. The van der Waals surface area contributed by atoms with Crippen LogP contribution in [0.5, 0.6) is 0 Å². The Kier molecular flexibility index (Phi) is 1.56. The first kappa shape index (κ1) is 7.64. The summed E-state index contributed by atoms with van der Waals surface area (Å²) < 4.78 is 0. The van der Waals surface area contributed by atoms with Crippen LogP contribution in [0.15, 0.2) is 0 Å². The van der Waals surface area contributed by atoms with Crippen molar-refractivity contribution in [2.24, 2.45) is 23.2 Å². The van der Waals surface area contributed by atoms with Gasteiger partial charge in [0.25, 0.3) is 0 Å². The maximum Gasteiger partial charge on any atom is -0.0292 e. The molecular weight excluding hydrogens is 132 g/mol. The SMILES string of the molecule is CC1CCCC2(C)CC2C1C. The summed E-state index contributed by atoms with van der Waals surface area (Å²) in [5.74, 6) is 3.08. The van der Waals surface area contributed by atoms with Crippen LogP contribution in [0.4, 0.5) is 0 Å². The first-order valence-corrected chi connectivity index (χ1v) is 5.13. The van der Waals surface area contributed by atoms with Gasteiger partial charge in [-0.3, -0.25) is 0 Å². The summed E-state index contributed by atoms with van der Waals surface area (Å²) in [6.45, 7) is 7.40. The highest BCUT2D eigenvalue weighted by atomic mass is 14.6. The van der Waals surface area contributed by atoms with Gasteiger partial charge in [-0.2, -0.15) is 0 Å². The normalized spacial score (nSPS) is 56.5. The van der Waals surface area contributed by atoms with Gasteiger partial charge < -0.3 is 0 Å². The summed E-state index contributed by atoms with van der Waals surface area (Å²) in [5.41, 5.74) is 0.782. The second-order valence-electron chi connectivity index (χ2n) is 5.19. The predicted molar refractivity (Wildman–Crippen MR) is 48.4 cm³/mol. The van der Waals surface area contributed by atoms with E-state index in [0.717, 1.165) is 23.2 Å². The Morgan fingerprint density at radius 3 is 2.73 bits per heavy atom. The van der Waals surface area contributed by atoms with Gasteiger partial charge in [0.2, 0.25) is 0 Å². The largest absolute Gasteiger partial charge is 0.0622 e. The maximum absolute atomic E-state index is 2.49. The first-order chi connectivity index (χ1) is 5.13. The molecule has 2 saturated carbocycles. The molecule has 0 heteroatoms. The van der Waals surface area contributed by atoms with Crippen LogP contribution in [-0.2, 0) is 0 Å². The van der Waals surface area contributed by atoms with Crippen molar-refractivity contribution in [1.82, 2.24) is 0 Å². The Morgan fingerprint density at radius 2 is 2.00 bits per heavy atom. The summed E-state index contributed by atoms with van der Waals surface area (Å²) >= 11 is 0. The summed E-state index contributed by atoms with van der Waals surface area (Å²) in [5, 5.41) is 0. The Morgan fingerprint density at radius 1 is 1.27 bits per heavy atom. The van der Waals surface area contributed by atoms with Crippen LogP contribution < -0.4 is 0 Å². The molecule has 0 aromatic rings. The molecule has 0 N–H and O–H groups in total. The minimum Gasteiger partial charge on any atom is -0.0622 e. The molecule has 0 bridgehead atoms. The number of hydrogen-bond donors (Lipinski definition) is 0. The molecule has 0 aliphatic heterocycles. The van der Waals surface area contributed by atoms with Gasteiger partial charge in [-0.15, -0.1) is 0 Å². The smallest absolute Gasteiger partial charge is 0.0292 e. The Labute approximate surface area is 70.4 Å². The zero-order chi connectivity index (χ0) is 8.06. The molecule has 2 fully saturated rings. The molecule has 11 heavy (non-hydrogen) atoms. The van der Waals surface area contributed by atoms with Gasteiger partial charge in [0.15, 0.2) is 0 Å². The van der Waals surface area contributed by atoms with E-state index in [-0.39, 0.29) is 0 Å². The molecule has 0 spiro atoms. The van der Waals surface area contributed by atoms with Crippen LogP contribution in [0.2, 0.25) is 0 Å². The standard InChI is InChI=1S/C11H20/c1-8-5-4-6-11(3)7-10(11)9(8)2/h8-10H,4-7H2,1-3H3. The van der Waals surface area contributed by atoms with Crippen molar-refractivity contribution in [3.63, 3.8) is 0 Å². The number of rotatable bonds is 0. The van der Waals surface area contributed by atoms with E-state index in [2.05, 4.69) is 20.8 Å². The fourth-order valence-corrected chi connectivity index (χ4v) is 3.04. The number of fused-ring (bicyclic) bond motifs is 1. The van der Waals surface area contributed by atoms with E-state index in [4.69, 9.17) is 0 Å². The van der Waals surface area contributed by atoms with Crippen molar-refractivity contribution < 1.29 is 0 Å². The zero-order valence-electron chi connectivity index (χ0n) is 8.06. The highest BCUT2D eigenvalue weighted by molar-refractivity contribution is 5.03. The third kappa shape index (κ3) is 1.11. The second-order valence-corrected chi connectivity index (χ2v) is 5.19. The fraction of sp³-hybridized carbons (Fsp3) is 1.00. The lowest BCUT2D eigenvalue weighted by molar-refractivity contribution is 0.323. The molecule has 4 unspecified atom stereocenters. The van der Waals surface area contributed by atoms with E-state index in [0.29, 0.717) is 0 Å². The Hall–Kier alpha value is 0. The topological polar surface area (TPSA) is 0 Å². The molecule has 0 aromatic heterocycles. The van der Waals surface area contributed by atoms with Crippen LogP contribution in [-0.4, -0.2) is 0 Å². The van der Waals surface area contributed by atoms with Gasteiger partial charge in [0.05, 0.1) is 0 Å². The van der Waals surface area contributed by atoms with E-state index in [1.54, 1.807) is 0 Å². The highest BCUT2D eigenvalue weighted by Crippen LogP contribution is 2.62. The average molecular weight is 152 g/mol. The van der Waals surface area contributed by atoms with E-state index in [1.165, 1.54) is 25.7 Å². The minimum absolute atomic E-state index is 0.782. The molecule has 0 radical (unpaired) electrons. The van der Waals surface area contributed by atoms with Gasteiger partial charge in [0, 0.05) is 0 Å². The molecular formula is C11H20. The summed E-state index contributed by atoms with van der Waals surface area (Å²) in [6, 6.07) is 0. The predicted octanol–water partition coefficient (Wildman–Crippen LogP) is 3.47. The number of hydrogen-bond acceptors (Lipinski definition) is 0. The average Bonchev–Trinajstić information content (AvgIpc) is 2.60. The van der Waals surface area contributed by atoms with Crippen LogP contribution in [0.25, 0.3) is 0 Å². The van der Waals surface area contributed by atoms with Crippen LogP contribution in [0, 0.1) is 23.2 Å². The van der Waals surface area contributed by atoms with Crippen LogP contribution in [0.3, 0.4) is 0 Å². The van der Waals surface area contributed by atoms with E-state index >= 15 is 0 Å². The van der Waals surface area contributed by atoms with Gasteiger partial charge in [-0.25, -0.2) is 0 Å². The summed E-state index contributed by atoms with van der Waals surface area (Å²) in [6.07, 6.45) is 6.00. The van der Waals surface area contributed by atoms with Crippen molar-refractivity contribution in [2.45, 2.75) is 46.5 Å². The Bertz CT molecular complexity index is 161. The monoisotopic (exact) mass is 152 g/mol. The molecule has 4 atom stereocenters. The molecule has 0 amide bonds. The lowest BCUT2D eigenvalue weighted by atomic mass is 9.88. The molecule has 2 rings (SSSR count). The van der Waals surface area contributed by atoms with Crippen LogP contribution in [0.1, 0.15) is 46.5 Å².